The third kappa shape index (κ3) is 6.44. The predicted molar refractivity (Wildman–Crippen MR) is 93.4 cm³/mol. The van der Waals surface area contributed by atoms with Gasteiger partial charge in [-0.3, -0.25) is 0 Å². The highest BCUT2D eigenvalue weighted by Crippen LogP contribution is 2.28. The zero-order valence-electron chi connectivity index (χ0n) is 14.7. The molecule has 5 heteroatoms. The Balaban J connectivity index is 2.65. The van der Waals surface area contributed by atoms with Gasteiger partial charge in [-0.2, -0.15) is 0 Å². The predicted octanol–water partition coefficient (Wildman–Crippen LogP) is 3.84. The van der Waals surface area contributed by atoms with Gasteiger partial charge in [-0.1, -0.05) is 50.3 Å². The fourth-order valence-electron chi connectivity index (χ4n) is 2.42. The summed E-state index contributed by atoms with van der Waals surface area (Å²) in [7, 11) is 1.31. The Hall–Kier alpha value is -2.30. The molecule has 0 spiro atoms. The summed E-state index contributed by atoms with van der Waals surface area (Å²) in [5, 5.41) is 2.64. The van der Waals surface area contributed by atoms with E-state index in [0.29, 0.717) is 0 Å². The lowest BCUT2D eigenvalue weighted by molar-refractivity contribution is -0.146. The second-order valence-electron chi connectivity index (χ2n) is 6.33. The summed E-state index contributed by atoms with van der Waals surface area (Å²) < 4.78 is 10.0. The molecule has 0 aliphatic rings. The molecule has 1 aromatic rings. The quantitative estimate of drug-likeness (QED) is 0.424. The van der Waals surface area contributed by atoms with Gasteiger partial charge in [-0.15, -0.1) is 6.58 Å². The molecule has 132 valence electrons. The minimum absolute atomic E-state index is 0.150. The standard InChI is InChI=1S/C19H27NO4/c1-5-6-10-13-19(2,3)16(17(21)23-4)20-18(22)24-14-15-11-8-7-9-12-15/h5,7-9,11-12,16H,1,6,10,13-14H2,2-4H3,(H,20,22)/t16-/m1/s1. The van der Waals surface area contributed by atoms with Crippen LogP contribution in [-0.4, -0.2) is 25.2 Å². The number of carbonyl (C=O) groups is 2. The second kappa shape index (κ2) is 9.75. The minimum atomic E-state index is -0.768. The van der Waals surface area contributed by atoms with Gasteiger partial charge in [0.05, 0.1) is 7.11 Å². The molecular formula is C19H27NO4. The highest BCUT2D eigenvalue weighted by Gasteiger charge is 2.37. The molecule has 1 aromatic carbocycles. The van der Waals surface area contributed by atoms with Crippen LogP contribution < -0.4 is 5.32 Å². The molecule has 1 N–H and O–H groups in total. The first kappa shape index (κ1) is 19.7. The van der Waals surface area contributed by atoms with E-state index in [0.717, 1.165) is 24.8 Å². The first-order chi connectivity index (χ1) is 11.4. The van der Waals surface area contributed by atoms with Crippen LogP contribution in [0.15, 0.2) is 43.0 Å². The summed E-state index contributed by atoms with van der Waals surface area (Å²) in [5.41, 5.74) is 0.425. The van der Waals surface area contributed by atoms with Gasteiger partial charge in [0.15, 0.2) is 0 Å². The van der Waals surface area contributed by atoms with Crippen molar-refractivity contribution in [3.63, 3.8) is 0 Å². The average molecular weight is 333 g/mol. The average Bonchev–Trinajstić information content (AvgIpc) is 2.58. The van der Waals surface area contributed by atoms with E-state index in [1.807, 2.05) is 50.3 Å². The first-order valence-corrected chi connectivity index (χ1v) is 8.06. The third-order valence-electron chi connectivity index (χ3n) is 3.92. The Morgan fingerprint density at radius 1 is 1.29 bits per heavy atom. The Labute approximate surface area is 144 Å². The molecule has 0 fully saturated rings. The molecule has 0 radical (unpaired) electrons. The molecule has 24 heavy (non-hydrogen) atoms. The largest absolute Gasteiger partial charge is 0.467 e. The Kier molecular flexibility index (Phi) is 8.02. The zero-order chi connectivity index (χ0) is 18.0. The number of nitrogens with one attached hydrogen (secondary N) is 1. The molecular weight excluding hydrogens is 306 g/mol. The number of rotatable bonds is 9. The number of unbranched alkanes of at least 4 members (excludes halogenated alkanes) is 1. The smallest absolute Gasteiger partial charge is 0.408 e. The van der Waals surface area contributed by atoms with Crippen molar-refractivity contribution in [1.82, 2.24) is 5.32 Å². The Morgan fingerprint density at radius 3 is 2.54 bits per heavy atom. The van der Waals surface area contributed by atoms with Crippen LogP contribution in [0.4, 0.5) is 4.79 Å². The molecule has 0 aliphatic carbocycles. The van der Waals surface area contributed by atoms with Gasteiger partial charge < -0.3 is 14.8 Å². The van der Waals surface area contributed by atoms with E-state index in [1.165, 1.54) is 7.11 Å². The van der Waals surface area contributed by atoms with Crippen molar-refractivity contribution in [3.05, 3.63) is 48.6 Å². The van der Waals surface area contributed by atoms with Gasteiger partial charge in [0.1, 0.15) is 12.6 Å². The third-order valence-corrected chi connectivity index (χ3v) is 3.92. The van der Waals surface area contributed by atoms with E-state index < -0.39 is 23.5 Å². The van der Waals surface area contributed by atoms with E-state index in [-0.39, 0.29) is 6.61 Å². The highest BCUT2D eigenvalue weighted by atomic mass is 16.6. The van der Waals surface area contributed by atoms with Crippen LogP contribution >= 0.6 is 0 Å². The van der Waals surface area contributed by atoms with Crippen molar-refractivity contribution in [2.45, 2.75) is 45.8 Å². The maximum Gasteiger partial charge on any atom is 0.408 e. The van der Waals surface area contributed by atoms with Gasteiger partial charge >= 0.3 is 12.1 Å². The van der Waals surface area contributed by atoms with Gasteiger partial charge in [0, 0.05) is 0 Å². The van der Waals surface area contributed by atoms with Crippen LogP contribution in [0.3, 0.4) is 0 Å². The second-order valence-corrected chi connectivity index (χ2v) is 6.33. The molecule has 1 rings (SSSR count). The Morgan fingerprint density at radius 2 is 1.96 bits per heavy atom. The van der Waals surface area contributed by atoms with E-state index in [1.54, 1.807) is 0 Å². The number of methoxy groups -OCH3 is 1. The number of allylic oxidation sites excluding steroid dienone is 1. The molecule has 0 aromatic heterocycles. The number of esters is 1. The van der Waals surface area contributed by atoms with Crippen LogP contribution in [0.2, 0.25) is 0 Å². The van der Waals surface area contributed by atoms with Crippen LogP contribution in [0, 0.1) is 5.41 Å². The van der Waals surface area contributed by atoms with Crippen LogP contribution in [-0.2, 0) is 20.9 Å². The number of carbonyl (C=O) groups excluding carboxylic acids is 2. The van der Waals surface area contributed by atoms with Gasteiger partial charge in [-0.05, 0) is 30.2 Å². The molecule has 5 nitrogen and oxygen atoms in total. The molecule has 0 unspecified atom stereocenters. The maximum atomic E-state index is 12.1. The number of ether oxygens (including phenoxy) is 2. The summed E-state index contributed by atoms with van der Waals surface area (Å²) in [4.78, 5) is 24.2. The summed E-state index contributed by atoms with van der Waals surface area (Å²) in [6, 6.07) is 8.60. The summed E-state index contributed by atoms with van der Waals surface area (Å²) in [5.74, 6) is -0.477. The Bertz CT molecular complexity index is 540. The topological polar surface area (TPSA) is 64.6 Å². The van der Waals surface area contributed by atoms with E-state index in [9.17, 15) is 9.59 Å². The van der Waals surface area contributed by atoms with Crippen molar-refractivity contribution >= 4 is 12.1 Å². The van der Waals surface area contributed by atoms with Gasteiger partial charge in [-0.25, -0.2) is 9.59 Å². The minimum Gasteiger partial charge on any atom is -0.467 e. The van der Waals surface area contributed by atoms with Crippen LogP contribution in [0.25, 0.3) is 0 Å². The highest BCUT2D eigenvalue weighted by molar-refractivity contribution is 5.82. The van der Waals surface area contributed by atoms with Crippen molar-refractivity contribution < 1.29 is 19.1 Å². The van der Waals surface area contributed by atoms with Gasteiger partial charge in [0.25, 0.3) is 0 Å². The van der Waals surface area contributed by atoms with Gasteiger partial charge in [0.2, 0.25) is 0 Å². The number of benzene rings is 1. The molecule has 1 amide bonds. The summed E-state index contributed by atoms with van der Waals surface area (Å²) >= 11 is 0. The van der Waals surface area contributed by atoms with Crippen molar-refractivity contribution in [3.8, 4) is 0 Å². The number of hydrogen-bond donors (Lipinski definition) is 1. The first-order valence-electron chi connectivity index (χ1n) is 8.06. The van der Waals surface area contributed by atoms with Crippen LogP contribution in [0.1, 0.15) is 38.7 Å². The zero-order valence-corrected chi connectivity index (χ0v) is 14.7. The molecule has 1 atom stereocenters. The lowest BCUT2D eigenvalue weighted by atomic mass is 9.79. The lowest BCUT2D eigenvalue weighted by Gasteiger charge is -2.32. The summed E-state index contributed by atoms with van der Waals surface area (Å²) in [6.45, 7) is 7.70. The molecule has 0 saturated heterocycles. The molecule has 0 heterocycles. The van der Waals surface area contributed by atoms with Crippen molar-refractivity contribution in [2.24, 2.45) is 5.41 Å². The normalized spacial score (nSPS) is 12.1. The fourth-order valence-corrected chi connectivity index (χ4v) is 2.42. The van der Waals surface area contributed by atoms with Crippen molar-refractivity contribution in [1.29, 1.82) is 0 Å². The van der Waals surface area contributed by atoms with E-state index >= 15 is 0 Å². The molecule has 0 saturated carbocycles. The van der Waals surface area contributed by atoms with E-state index in [2.05, 4.69) is 11.9 Å². The lowest BCUT2D eigenvalue weighted by Crippen LogP contribution is -2.51. The fraction of sp³-hybridized carbons (Fsp3) is 0.474. The van der Waals surface area contributed by atoms with Crippen molar-refractivity contribution in [2.75, 3.05) is 7.11 Å². The van der Waals surface area contributed by atoms with E-state index in [4.69, 9.17) is 9.47 Å². The molecule has 0 aliphatic heterocycles. The number of hydrogen-bond acceptors (Lipinski definition) is 4. The van der Waals surface area contributed by atoms with Crippen LogP contribution in [0.5, 0.6) is 0 Å². The monoisotopic (exact) mass is 333 g/mol. The number of alkyl carbamates (subject to hydrolysis) is 1. The maximum absolute atomic E-state index is 12.1. The molecule has 0 bridgehead atoms. The number of amides is 1. The SMILES string of the molecule is C=CCCCC(C)(C)[C@H](NC(=O)OCc1ccccc1)C(=O)OC. The summed E-state index contributed by atoms with van der Waals surface area (Å²) in [6.07, 6.45) is 3.69.